The summed E-state index contributed by atoms with van der Waals surface area (Å²) in [7, 11) is 0. The van der Waals surface area contributed by atoms with Crippen LogP contribution in [0.4, 0.5) is 0 Å². The van der Waals surface area contributed by atoms with Crippen LogP contribution in [0, 0.1) is 0 Å². The Morgan fingerprint density at radius 3 is 3.58 bits per heavy atom. The second-order valence-electron chi connectivity index (χ2n) is 2.85. The molecule has 0 unspecified atom stereocenters. The number of piperazine rings is 1. The van der Waals surface area contributed by atoms with Crippen molar-refractivity contribution in [3.8, 4) is 0 Å². The summed E-state index contributed by atoms with van der Waals surface area (Å²) in [6.45, 7) is 3.02. The molecule has 1 N–H and O–H groups in total. The van der Waals surface area contributed by atoms with E-state index in [0.29, 0.717) is 0 Å². The van der Waals surface area contributed by atoms with Crippen molar-refractivity contribution >= 4 is 18.5 Å². The standard InChI is InChI=1S/C6H9N5S/c1-2-9-6(3-7-1)4-11-10(9)5-8-12-11/h4-5,7H,1-3H2. The molecule has 3 aliphatic rings. The molecule has 0 aromatic rings. The summed E-state index contributed by atoms with van der Waals surface area (Å²) in [5.41, 5.74) is 1.32. The number of hydrogen-bond acceptors (Lipinski definition) is 6. The molecule has 0 radical (unpaired) electrons. The first-order valence-corrected chi connectivity index (χ1v) is 4.66. The van der Waals surface area contributed by atoms with Gasteiger partial charge in [0.05, 0.1) is 18.4 Å². The van der Waals surface area contributed by atoms with E-state index in [-0.39, 0.29) is 0 Å². The quantitative estimate of drug-likeness (QED) is 0.525. The first kappa shape index (κ1) is 6.62. The van der Waals surface area contributed by atoms with Gasteiger partial charge in [0, 0.05) is 13.1 Å². The highest BCUT2D eigenvalue weighted by atomic mass is 32.2. The Morgan fingerprint density at radius 1 is 1.58 bits per heavy atom. The van der Waals surface area contributed by atoms with Gasteiger partial charge in [0.2, 0.25) is 0 Å². The lowest BCUT2D eigenvalue weighted by Gasteiger charge is -2.33. The van der Waals surface area contributed by atoms with E-state index < -0.39 is 0 Å². The monoisotopic (exact) mass is 183 g/mol. The fourth-order valence-electron chi connectivity index (χ4n) is 1.56. The van der Waals surface area contributed by atoms with Crippen LogP contribution >= 0.6 is 12.1 Å². The molecular formula is C6H9N5S. The second-order valence-corrected chi connectivity index (χ2v) is 3.59. The van der Waals surface area contributed by atoms with Gasteiger partial charge in [0.25, 0.3) is 0 Å². The average molecular weight is 183 g/mol. The summed E-state index contributed by atoms with van der Waals surface area (Å²) in [6, 6.07) is 0. The second kappa shape index (κ2) is 2.30. The first-order chi connectivity index (χ1) is 5.95. The highest BCUT2D eigenvalue weighted by Crippen LogP contribution is 2.31. The molecule has 3 aliphatic heterocycles. The molecule has 1 saturated heterocycles. The van der Waals surface area contributed by atoms with Crippen LogP contribution in [0.3, 0.4) is 0 Å². The van der Waals surface area contributed by atoms with Gasteiger partial charge >= 0.3 is 0 Å². The Labute approximate surface area is 74.9 Å². The van der Waals surface area contributed by atoms with Crippen LogP contribution in [0.5, 0.6) is 0 Å². The predicted octanol–water partition coefficient (Wildman–Crippen LogP) is -0.214. The third kappa shape index (κ3) is 0.760. The van der Waals surface area contributed by atoms with Gasteiger partial charge in [-0.2, -0.15) is 13.9 Å². The molecular weight excluding hydrogens is 174 g/mol. The normalized spacial score (nSPS) is 26.0. The zero-order chi connectivity index (χ0) is 7.97. The number of nitrogens with zero attached hydrogens (tertiary/aromatic N) is 4. The van der Waals surface area contributed by atoms with Crippen molar-refractivity contribution < 1.29 is 0 Å². The fraction of sp³-hybridized carbons (Fsp3) is 0.500. The smallest absolute Gasteiger partial charge is 0.145 e. The van der Waals surface area contributed by atoms with Gasteiger partial charge in [-0.15, -0.1) is 0 Å². The minimum atomic E-state index is 0.960. The van der Waals surface area contributed by atoms with E-state index in [1.54, 1.807) is 0 Å². The number of nitrogens with one attached hydrogen (secondary N) is 1. The van der Waals surface area contributed by atoms with Gasteiger partial charge in [-0.05, 0) is 0 Å². The van der Waals surface area contributed by atoms with Crippen molar-refractivity contribution in [1.82, 2.24) is 19.9 Å². The largest absolute Gasteiger partial charge is 0.309 e. The molecule has 0 saturated carbocycles. The maximum Gasteiger partial charge on any atom is 0.145 e. The third-order valence-electron chi connectivity index (χ3n) is 2.13. The van der Waals surface area contributed by atoms with Gasteiger partial charge < -0.3 is 5.32 Å². The molecule has 0 bridgehead atoms. The van der Waals surface area contributed by atoms with E-state index in [1.165, 1.54) is 17.8 Å². The van der Waals surface area contributed by atoms with Crippen LogP contribution in [0.1, 0.15) is 0 Å². The Hall–Kier alpha value is -0.880. The van der Waals surface area contributed by atoms with Crippen LogP contribution in [0.15, 0.2) is 16.3 Å². The lowest BCUT2D eigenvalue weighted by atomic mass is 10.3. The summed E-state index contributed by atoms with van der Waals surface area (Å²) in [5, 5.41) is 7.61. The third-order valence-corrected chi connectivity index (χ3v) is 2.76. The summed E-state index contributed by atoms with van der Waals surface area (Å²) < 4.78 is 6.13. The summed E-state index contributed by atoms with van der Waals surface area (Å²) >= 11 is 1.46. The van der Waals surface area contributed by atoms with Crippen molar-refractivity contribution in [3.63, 3.8) is 0 Å². The first-order valence-electron chi connectivity index (χ1n) is 3.93. The van der Waals surface area contributed by atoms with Gasteiger partial charge in [-0.3, -0.25) is 5.01 Å². The highest BCUT2D eigenvalue weighted by molar-refractivity contribution is 7.96. The zero-order valence-corrected chi connectivity index (χ0v) is 7.29. The molecule has 0 aromatic carbocycles. The molecule has 6 heteroatoms. The van der Waals surface area contributed by atoms with Crippen molar-refractivity contribution in [2.24, 2.45) is 4.40 Å². The molecule has 0 amide bonds. The van der Waals surface area contributed by atoms with E-state index in [2.05, 4.69) is 20.9 Å². The number of hydrogen-bond donors (Lipinski definition) is 1. The van der Waals surface area contributed by atoms with Crippen LogP contribution in [-0.2, 0) is 0 Å². The molecule has 64 valence electrons. The van der Waals surface area contributed by atoms with Gasteiger partial charge in [-0.25, -0.2) is 0 Å². The molecule has 12 heavy (non-hydrogen) atoms. The Balaban J connectivity index is 1.90. The molecule has 0 atom stereocenters. The Bertz CT molecular complexity index is 263. The minimum absolute atomic E-state index is 0.960. The number of rotatable bonds is 0. The van der Waals surface area contributed by atoms with E-state index in [1.807, 2.05) is 15.9 Å². The van der Waals surface area contributed by atoms with E-state index in [9.17, 15) is 0 Å². The summed E-state index contributed by atoms with van der Waals surface area (Å²) in [5.74, 6) is 0. The van der Waals surface area contributed by atoms with Crippen molar-refractivity contribution in [1.29, 1.82) is 0 Å². The van der Waals surface area contributed by atoms with Crippen LogP contribution in [0.25, 0.3) is 0 Å². The van der Waals surface area contributed by atoms with Gasteiger partial charge in [-0.1, -0.05) is 0 Å². The molecule has 1 fully saturated rings. The van der Waals surface area contributed by atoms with Crippen LogP contribution in [-0.4, -0.2) is 40.5 Å². The van der Waals surface area contributed by atoms with Crippen LogP contribution in [0.2, 0.25) is 0 Å². The average Bonchev–Trinajstić information content (AvgIpc) is 2.62. The molecule has 0 aliphatic carbocycles. The molecule has 0 spiro atoms. The molecule has 0 aromatic heterocycles. The van der Waals surface area contributed by atoms with Crippen molar-refractivity contribution in [2.45, 2.75) is 0 Å². The van der Waals surface area contributed by atoms with E-state index in [0.717, 1.165) is 19.6 Å². The maximum absolute atomic E-state index is 4.10. The molecule has 3 heterocycles. The lowest BCUT2D eigenvalue weighted by molar-refractivity contribution is 0.0203. The van der Waals surface area contributed by atoms with Crippen LogP contribution < -0.4 is 5.32 Å². The summed E-state index contributed by atoms with van der Waals surface area (Å²) in [4.78, 5) is 0. The topological polar surface area (TPSA) is 34.1 Å². The van der Waals surface area contributed by atoms with E-state index in [4.69, 9.17) is 0 Å². The zero-order valence-electron chi connectivity index (χ0n) is 6.47. The Morgan fingerprint density at radius 2 is 2.58 bits per heavy atom. The maximum atomic E-state index is 4.10. The SMILES string of the molecule is C1=NSN2C=C3CNCCN3N12. The fourth-order valence-corrected chi connectivity index (χ4v) is 2.16. The highest BCUT2D eigenvalue weighted by Gasteiger charge is 2.32. The number of fused-ring (bicyclic) bond motifs is 3. The minimum Gasteiger partial charge on any atom is -0.309 e. The van der Waals surface area contributed by atoms with E-state index >= 15 is 0 Å². The lowest BCUT2D eigenvalue weighted by Crippen LogP contribution is -2.47. The number of hydrazine groups is 2. The van der Waals surface area contributed by atoms with Crippen molar-refractivity contribution in [2.75, 3.05) is 19.6 Å². The Kier molecular flexibility index (Phi) is 1.27. The van der Waals surface area contributed by atoms with Gasteiger partial charge in [0.1, 0.15) is 18.5 Å². The summed E-state index contributed by atoms with van der Waals surface area (Å²) in [6.07, 6.45) is 3.96. The molecule has 5 nitrogen and oxygen atoms in total. The predicted molar refractivity (Wildman–Crippen MR) is 47.4 cm³/mol. The molecule has 3 rings (SSSR count). The van der Waals surface area contributed by atoms with Crippen molar-refractivity contribution in [3.05, 3.63) is 11.9 Å². The van der Waals surface area contributed by atoms with Gasteiger partial charge in [0.15, 0.2) is 0 Å².